The normalized spacial score (nSPS) is 10.9. The van der Waals surface area contributed by atoms with Gasteiger partial charge in [0.1, 0.15) is 15.6 Å². The molecule has 9 heteroatoms. The molecule has 0 aliphatic carbocycles. The zero-order chi connectivity index (χ0) is 20.2. The van der Waals surface area contributed by atoms with E-state index in [2.05, 4.69) is 20.0 Å². The fourth-order valence-corrected chi connectivity index (χ4v) is 4.11. The molecule has 4 rings (SSSR count). The first-order chi connectivity index (χ1) is 14.1. The van der Waals surface area contributed by atoms with Gasteiger partial charge in [0.05, 0.1) is 11.9 Å². The van der Waals surface area contributed by atoms with Gasteiger partial charge < -0.3 is 4.74 Å². The highest BCUT2D eigenvalue weighted by Gasteiger charge is 2.16. The van der Waals surface area contributed by atoms with Crippen molar-refractivity contribution in [1.82, 2.24) is 9.97 Å². The molecule has 146 valence electrons. The molecule has 0 atom stereocenters. The number of nitrogens with one attached hydrogen (secondary N) is 1. The number of carbonyl (C=O) groups is 1. The van der Waals surface area contributed by atoms with Crippen LogP contribution in [0.15, 0.2) is 66.2 Å². The number of hydrogen-bond acceptors (Lipinski definition) is 6. The molecule has 1 amide bonds. The predicted molar refractivity (Wildman–Crippen MR) is 110 cm³/mol. The van der Waals surface area contributed by atoms with Gasteiger partial charge in [-0.2, -0.15) is 8.78 Å². The summed E-state index contributed by atoms with van der Waals surface area (Å²) in [6.07, 6.45) is 1.52. The summed E-state index contributed by atoms with van der Waals surface area (Å²) < 4.78 is 29.7. The summed E-state index contributed by atoms with van der Waals surface area (Å²) in [7, 11) is 0. The lowest BCUT2D eigenvalue weighted by Gasteiger charge is -2.08. The molecule has 0 radical (unpaired) electrons. The van der Waals surface area contributed by atoms with Crippen molar-refractivity contribution >= 4 is 33.7 Å². The Hall–Kier alpha value is -3.17. The third kappa shape index (κ3) is 4.47. The van der Waals surface area contributed by atoms with Crippen molar-refractivity contribution < 1.29 is 18.3 Å². The Morgan fingerprint density at radius 1 is 1.07 bits per heavy atom. The summed E-state index contributed by atoms with van der Waals surface area (Å²) in [6, 6.07) is 16.0. The topological polar surface area (TPSA) is 64.1 Å². The Morgan fingerprint density at radius 3 is 2.62 bits per heavy atom. The number of hydrogen-bond donors (Lipinski definition) is 1. The van der Waals surface area contributed by atoms with Crippen molar-refractivity contribution in [2.45, 2.75) is 6.61 Å². The Bertz CT molecular complexity index is 1130. The first kappa shape index (κ1) is 19.2. The number of benzene rings is 2. The molecule has 0 fully saturated rings. The number of amides is 1. The van der Waals surface area contributed by atoms with E-state index >= 15 is 0 Å². The van der Waals surface area contributed by atoms with E-state index < -0.39 is 6.61 Å². The monoisotopic (exact) mass is 429 g/mol. The summed E-state index contributed by atoms with van der Waals surface area (Å²) in [5, 5.41) is 5.49. The maximum atomic E-state index is 12.6. The second kappa shape index (κ2) is 8.46. The van der Waals surface area contributed by atoms with Gasteiger partial charge in [0, 0.05) is 16.5 Å². The minimum Gasteiger partial charge on any atom is -0.434 e. The van der Waals surface area contributed by atoms with Gasteiger partial charge in [-0.1, -0.05) is 42.5 Å². The number of carbonyl (C=O) groups excluding carboxylic acids is 1. The number of thiazole rings is 2. The summed E-state index contributed by atoms with van der Waals surface area (Å²) in [5.74, 6) is -0.302. The number of nitrogens with zero attached hydrogens (tertiary/aromatic N) is 2. The van der Waals surface area contributed by atoms with E-state index in [-0.39, 0.29) is 11.7 Å². The molecule has 5 nitrogen and oxygen atoms in total. The molecule has 0 unspecified atom stereocenters. The van der Waals surface area contributed by atoms with Crippen molar-refractivity contribution in [3.63, 3.8) is 0 Å². The largest absolute Gasteiger partial charge is 0.434 e. The number of para-hydroxylation sites is 1. The van der Waals surface area contributed by atoms with Crippen LogP contribution in [0.5, 0.6) is 5.75 Å². The standard InChI is InChI=1S/C20H13F2N3O2S2/c21-19(22)27-15-9-5-4-8-13(15)14-11-28-20(24-14)25-17(26)16-10-23-18(29-16)12-6-2-1-3-7-12/h1-11,19H,(H,24,25,26). The molecule has 0 saturated heterocycles. The first-order valence-electron chi connectivity index (χ1n) is 8.42. The maximum Gasteiger partial charge on any atom is 0.387 e. The van der Waals surface area contributed by atoms with Crippen molar-refractivity contribution in [2.75, 3.05) is 5.32 Å². The molecule has 0 spiro atoms. The van der Waals surface area contributed by atoms with Crippen molar-refractivity contribution in [2.24, 2.45) is 0 Å². The van der Waals surface area contributed by atoms with Crippen LogP contribution in [0.4, 0.5) is 13.9 Å². The predicted octanol–water partition coefficient (Wildman–Crippen LogP) is 5.79. The lowest BCUT2D eigenvalue weighted by atomic mass is 10.1. The van der Waals surface area contributed by atoms with Crippen LogP contribution in [0.2, 0.25) is 0 Å². The minimum absolute atomic E-state index is 0.0284. The van der Waals surface area contributed by atoms with Gasteiger partial charge in [0.15, 0.2) is 5.13 Å². The zero-order valence-corrected chi connectivity index (χ0v) is 16.3. The minimum atomic E-state index is -2.93. The summed E-state index contributed by atoms with van der Waals surface area (Å²) in [6.45, 7) is -2.93. The van der Waals surface area contributed by atoms with Gasteiger partial charge >= 0.3 is 6.61 Å². The molecule has 0 bridgehead atoms. The van der Waals surface area contributed by atoms with E-state index in [1.54, 1.807) is 23.6 Å². The molecular formula is C20H13F2N3O2S2. The number of halogens is 2. The van der Waals surface area contributed by atoms with E-state index in [1.165, 1.54) is 34.9 Å². The van der Waals surface area contributed by atoms with E-state index in [9.17, 15) is 13.6 Å². The van der Waals surface area contributed by atoms with E-state index in [0.717, 1.165) is 10.6 Å². The summed E-state index contributed by atoms with van der Waals surface area (Å²) >= 11 is 2.47. The van der Waals surface area contributed by atoms with Crippen LogP contribution in [0.25, 0.3) is 21.8 Å². The average molecular weight is 429 g/mol. The molecule has 1 N–H and O–H groups in total. The molecular weight excluding hydrogens is 416 g/mol. The van der Waals surface area contributed by atoms with E-state index in [1.807, 2.05) is 30.3 Å². The molecule has 0 aliphatic heterocycles. The Labute approximate surface area is 172 Å². The number of aromatic nitrogens is 2. The van der Waals surface area contributed by atoms with Crippen molar-refractivity contribution in [3.8, 4) is 27.6 Å². The highest BCUT2D eigenvalue weighted by Crippen LogP contribution is 2.33. The second-order valence-corrected chi connectivity index (χ2v) is 7.65. The molecule has 0 saturated carbocycles. The summed E-state index contributed by atoms with van der Waals surface area (Å²) in [5.41, 5.74) is 1.80. The Kier molecular flexibility index (Phi) is 5.59. The highest BCUT2D eigenvalue weighted by atomic mass is 32.1. The third-order valence-electron chi connectivity index (χ3n) is 3.85. The van der Waals surface area contributed by atoms with Gasteiger partial charge in [-0.3, -0.25) is 10.1 Å². The van der Waals surface area contributed by atoms with Crippen LogP contribution in [-0.4, -0.2) is 22.5 Å². The van der Waals surface area contributed by atoms with Gasteiger partial charge in [0.2, 0.25) is 0 Å². The number of rotatable bonds is 6. The van der Waals surface area contributed by atoms with Gasteiger partial charge in [-0.25, -0.2) is 9.97 Å². The third-order valence-corrected chi connectivity index (χ3v) is 5.66. The van der Waals surface area contributed by atoms with Crippen molar-refractivity contribution in [1.29, 1.82) is 0 Å². The van der Waals surface area contributed by atoms with Crippen LogP contribution in [0.1, 0.15) is 9.67 Å². The van der Waals surface area contributed by atoms with E-state index in [0.29, 0.717) is 21.3 Å². The van der Waals surface area contributed by atoms with Crippen LogP contribution >= 0.6 is 22.7 Å². The fourth-order valence-electron chi connectivity index (χ4n) is 2.58. The SMILES string of the molecule is O=C(Nc1nc(-c2ccccc2OC(F)F)cs1)c1cnc(-c2ccccc2)s1. The van der Waals surface area contributed by atoms with Crippen LogP contribution in [-0.2, 0) is 0 Å². The van der Waals surface area contributed by atoms with Crippen LogP contribution in [0.3, 0.4) is 0 Å². The second-order valence-electron chi connectivity index (χ2n) is 5.76. The smallest absolute Gasteiger partial charge is 0.387 e. The quantitative estimate of drug-likeness (QED) is 0.422. The van der Waals surface area contributed by atoms with Crippen LogP contribution < -0.4 is 10.1 Å². The molecule has 4 aromatic rings. The number of alkyl halides is 2. The first-order valence-corrected chi connectivity index (χ1v) is 10.1. The molecule has 2 heterocycles. The Balaban J connectivity index is 1.50. The Morgan fingerprint density at radius 2 is 1.83 bits per heavy atom. The zero-order valence-electron chi connectivity index (χ0n) is 14.7. The van der Waals surface area contributed by atoms with E-state index in [4.69, 9.17) is 0 Å². The van der Waals surface area contributed by atoms with Crippen LogP contribution in [0, 0.1) is 0 Å². The van der Waals surface area contributed by atoms with Gasteiger partial charge in [-0.15, -0.1) is 22.7 Å². The average Bonchev–Trinajstić information content (AvgIpc) is 3.38. The lowest BCUT2D eigenvalue weighted by molar-refractivity contribution is -0.0494. The highest BCUT2D eigenvalue weighted by molar-refractivity contribution is 7.17. The summed E-state index contributed by atoms with van der Waals surface area (Å²) in [4.78, 5) is 21.6. The number of ether oxygens (including phenoxy) is 1. The molecule has 2 aromatic heterocycles. The maximum absolute atomic E-state index is 12.6. The van der Waals surface area contributed by atoms with Gasteiger partial charge in [-0.05, 0) is 12.1 Å². The fraction of sp³-hybridized carbons (Fsp3) is 0.0500. The molecule has 0 aliphatic rings. The molecule has 2 aromatic carbocycles. The van der Waals surface area contributed by atoms with Crippen molar-refractivity contribution in [3.05, 3.63) is 71.1 Å². The number of anilines is 1. The van der Waals surface area contributed by atoms with Gasteiger partial charge in [0.25, 0.3) is 5.91 Å². The lowest BCUT2D eigenvalue weighted by Crippen LogP contribution is -2.09. The molecule has 29 heavy (non-hydrogen) atoms.